The SMILES string of the molecule is C=C(CCNC)CC/C(=N\C)OCC(C)(F)F. The van der Waals surface area contributed by atoms with Crippen LogP contribution in [0.15, 0.2) is 17.1 Å². The molecule has 17 heavy (non-hydrogen) atoms. The summed E-state index contributed by atoms with van der Waals surface area (Å²) in [4.78, 5) is 3.85. The van der Waals surface area contributed by atoms with Gasteiger partial charge >= 0.3 is 0 Å². The molecule has 0 aliphatic rings. The van der Waals surface area contributed by atoms with E-state index in [1.54, 1.807) is 7.05 Å². The number of hydrogen-bond donors (Lipinski definition) is 1. The fourth-order valence-electron chi connectivity index (χ4n) is 1.17. The van der Waals surface area contributed by atoms with E-state index in [1.807, 2.05) is 7.05 Å². The zero-order valence-corrected chi connectivity index (χ0v) is 10.9. The van der Waals surface area contributed by atoms with Crippen molar-refractivity contribution in [1.29, 1.82) is 0 Å². The van der Waals surface area contributed by atoms with E-state index in [2.05, 4.69) is 16.9 Å². The van der Waals surface area contributed by atoms with Crippen molar-refractivity contribution in [1.82, 2.24) is 5.32 Å². The number of halogens is 2. The Balaban J connectivity index is 3.87. The minimum Gasteiger partial charge on any atom is -0.475 e. The van der Waals surface area contributed by atoms with E-state index in [0.29, 0.717) is 18.7 Å². The average Bonchev–Trinajstić information content (AvgIpc) is 2.25. The average molecular weight is 248 g/mol. The highest BCUT2D eigenvalue weighted by Gasteiger charge is 2.22. The lowest BCUT2D eigenvalue weighted by molar-refractivity contribution is -0.0279. The molecule has 0 spiro atoms. The highest BCUT2D eigenvalue weighted by molar-refractivity contribution is 5.76. The molecule has 5 heteroatoms. The van der Waals surface area contributed by atoms with Gasteiger partial charge in [0.15, 0.2) is 12.5 Å². The molecule has 3 nitrogen and oxygen atoms in total. The topological polar surface area (TPSA) is 33.6 Å². The summed E-state index contributed by atoms with van der Waals surface area (Å²) in [5, 5.41) is 3.02. The van der Waals surface area contributed by atoms with E-state index >= 15 is 0 Å². The first kappa shape index (κ1) is 16.0. The summed E-state index contributed by atoms with van der Waals surface area (Å²) in [6.45, 7) is 4.98. The number of alkyl halides is 2. The second-order valence-corrected chi connectivity index (χ2v) is 4.08. The third-order valence-corrected chi connectivity index (χ3v) is 2.16. The van der Waals surface area contributed by atoms with Gasteiger partial charge in [-0.3, -0.25) is 4.99 Å². The molecule has 0 aromatic heterocycles. The van der Waals surface area contributed by atoms with Crippen LogP contribution < -0.4 is 5.32 Å². The van der Waals surface area contributed by atoms with Crippen molar-refractivity contribution in [2.24, 2.45) is 4.99 Å². The van der Waals surface area contributed by atoms with Crippen LogP contribution >= 0.6 is 0 Å². The van der Waals surface area contributed by atoms with Gasteiger partial charge in [0.05, 0.1) is 0 Å². The Morgan fingerprint density at radius 2 is 2.00 bits per heavy atom. The van der Waals surface area contributed by atoms with Crippen molar-refractivity contribution in [3.8, 4) is 0 Å². The minimum absolute atomic E-state index is 0.358. The lowest BCUT2D eigenvalue weighted by atomic mass is 10.1. The van der Waals surface area contributed by atoms with E-state index in [1.165, 1.54) is 0 Å². The van der Waals surface area contributed by atoms with E-state index < -0.39 is 12.5 Å². The second kappa shape index (κ2) is 8.17. The molecule has 0 aliphatic heterocycles. The smallest absolute Gasteiger partial charge is 0.278 e. The zero-order chi connectivity index (χ0) is 13.3. The van der Waals surface area contributed by atoms with Crippen molar-refractivity contribution >= 4 is 5.90 Å². The fourth-order valence-corrected chi connectivity index (χ4v) is 1.17. The fraction of sp³-hybridized carbons (Fsp3) is 0.750. The summed E-state index contributed by atoms with van der Waals surface area (Å²) in [5.74, 6) is -2.46. The van der Waals surface area contributed by atoms with Crippen molar-refractivity contribution in [2.45, 2.75) is 32.1 Å². The number of hydrogen-bond acceptors (Lipinski definition) is 3. The number of nitrogens with one attached hydrogen (secondary N) is 1. The van der Waals surface area contributed by atoms with E-state index in [-0.39, 0.29) is 0 Å². The maximum atomic E-state index is 12.6. The summed E-state index contributed by atoms with van der Waals surface area (Å²) < 4.78 is 30.1. The highest BCUT2D eigenvalue weighted by Crippen LogP contribution is 2.13. The van der Waals surface area contributed by atoms with Gasteiger partial charge in [-0.25, -0.2) is 8.78 Å². The quantitative estimate of drug-likeness (QED) is 0.407. The van der Waals surface area contributed by atoms with Crippen molar-refractivity contribution < 1.29 is 13.5 Å². The Kier molecular flexibility index (Phi) is 7.70. The summed E-state index contributed by atoms with van der Waals surface area (Å²) in [5.41, 5.74) is 1.06. The molecule has 0 saturated heterocycles. The van der Waals surface area contributed by atoms with Gasteiger partial charge in [-0.15, -0.1) is 0 Å². The molecular formula is C12H22F2N2O. The van der Waals surface area contributed by atoms with Crippen LogP contribution in [0.2, 0.25) is 0 Å². The number of rotatable bonds is 8. The van der Waals surface area contributed by atoms with Crippen LogP contribution in [-0.2, 0) is 4.74 Å². The maximum Gasteiger partial charge on any atom is 0.278 e. The van der Waals surface area contributed by atoms with Gasteiger partial charge in [-0.1, -0.05) is 12.2 Å². The maximum absolute atomic E-state index is 12.6. The molecule has 0 radical (unpaired) electrons. The van der Waals surface area contributed by atoms with Crippen molar-refractivity contribution in [3.63, 3.8) is 0 Å². The summed E-state index contributed by atoms with van der Waals surface area (Å²) in [6, 6.07) is 0. The van der Waals surface area contributed by atoms with Gasteiger partial charge in [0.2, 0.25) is 0 Å². The van der Waals surface area contributed by atoms with Crippen LogP contribution in [-0.4, -0.2) is 39.1 Å². The van der Waals surface area contributed by atoms with Crippen LogP contribution in [0, 0.1) is 0 Å². The summed E-state index contributed by atoms with van der Waals surface area (Å²) in [7, 11) is 3.41. The number of aliphatic imine (C=N–C) groups is 1. The molecule has 100 valence electrons. The monoisotopic (exact) mass is 248 g/mol. The molecule has 0 saturated carbocycles. The van der Waals surface area contributed by atoms with Crippen LogP contribution in [0.3, 0.4) is 0 Å². The highest BCUT2D eigenvalue weighted by atomic mass is 19.3. The normalized spacial score (nSPS) is 12.6. The predicted octanol–water partition coefficient (Wildman–Crippen LogP) is 2.63. The van der Waals surface area contributed by atoms with Crippen LogP contribution in [0.5, 0.6) is 0 Å². The molecule has 0 aliphatic carbocycles. The molecule has 0 atom stereocenters. The Hall–Kier alpha value is -0.970. The van der Waals surface area contributed by atoms with Gasteiger partial charge in [0.25, 0.3) is 5.92 Å². The lowest BCUT2D eigenvalue weighted by Crippen LogP contribution is -2.21. The molecule has 0 bridgehead atoms. The van der Waals surface area contributed by atoms with Gasteiger partial charge in [0.1, 0.15) is 0 Å². The third kappa shape index (κ3) is 9.93. The molecule has 0 aromatic rings. The molecule has 0 heterocycles. The Bertz CT molecular complexity index is 260. The van der Waals surface area contributed by atoms with Crippen molar-refractivity contribution in [2.75, 3.05) is 27.2 Å². The molecule has 0 unspecified atom stereocenters. The van der Waals surface area contributed by atoms with Gasteiger partial charge in [-0.05, 0) is 26.4 Å². The molecule has 0 rings (SSSR count). The van der Waals surface area contributed by atoms with Crippen LogP contribution in [0.1, 0.15) is 26.2 Å². The minimum atomic E-state index is -2.82. The Morgan fingerprint density at radius 3 is 2.47 bits per heavy atom. The second-order valence-electron chi connectivity index (χ2n) is 4.08. The molecular weight excluding hydrogens is 226 g/mol. The first-order valence-corrected chi connectivity index (χ1v) is 5.66. The van der Waals surface area contributed by atoms with Gasteiger partial charge in [0, 0.05) is 20.4 Å². The molecule has 1 N–H and O–H groups in total. The van der Waals surface area contributed by atoms with Crippen LogP contribution in [0.25, 0.3) is 0 Å². The first-order chi connectivity index (χ1) is 7.89. The number of ether oxygens (including phenoxy) is 1. The van der Waals surface area contributed by atoms with E-state index in [0.717, 1.165) is 25.5 Å². The predicted molar refractivity (Wildman–Crippen MR) is 66.8 cm³/mol. The van der Waals surface area contributed by atoms with E-state index in [9.17, 15) is 8.78 Å². The Labute approximate surface area is 102 Å². The summed E-state index contributed by atoms with van der Waals surface area (Å²) in [6.07, 6.45) is 2.11. The third-order valence-electron chi connectivity index (χ3n) is 2.16. The molecule has 0 fully saturated rings. The van der Waals surface area contributed by atoms with Gasteiger partial charge in [-0.2, -0.15) is 0 Å². The van der Waals surface area contributed by atoms with Crippen LogP contribution in [0.4, 0.5) is 8.78 Å². The first-order valence-electron chi connectivity index (χ1n) is 5.66. The zero-order valence-electron chi connectivity index (χ0n) is 10.9. The Morgan fingerprint density at radius 1 is 1.35 bits per heavy atom. The summed E-state index contributed by atoms with van der Waals surface area (Å²) >= 11 is 0. The standard InChI is InChI=1S/C12H22F2N2O/c1-10(7-8-15-3)5-6-11(16-4)17-9-12(2,13)14/h15H,1,5-9H2,2-4H3/b16-11+. The molecule has 0 aromatic carbocycles. The lowest BCUT2D eigenvalue weighted by Gasteiger charge is -2.13. The van der Waals surface area contributed by atoms with Crippen molar-refractivity contribution in [3.05, 3.63) is 12.2 Å². The number of nitrogens with zero attached hydrogens (tertiary/aromatic N) is 1. The largest absolute Gasteiger partial charge is 0.475 e. The van der Waals surface area contributed by atoms with E-state index in [4.69, 9.17) is 4.74 Å². The van der Waals surface area contributed by atoms with Gasteiger partial charge < -0.3 is 10.1 Å². The molecule has 0 amide bonds.